The first kappa shape index (κ1) is 11.2. The number of rotatable bonds is 5. The summed E-state index contributed by atoms with van der Waals surface area (Å²) in [5, 5.41) is 9.19. The topological polar surface area (TPSA) is 86.9 Å². The van der Waals surface area contributed by atoms with Crippen molar-refractivity contribution in [2.45, 2.75) is 18.5 Å². The molecule has 1 heterocycles. The van der Waals surface area contributed by atoms with Crippen molar-refractivity contribution in [3.05, 3.63) is 11.8 Å². The first-order valence-corrected chi connectivity index (χ1v) is 5.76. The van der Waals surface area contributed by atoms with Crippen molar-refractivity contribution >= 4 is 10.0 Å². The summed E-state index contributed by atoms with van der Waals surface area (Å²) < 4.78 is 25.6. The molecule has 0 unspecified atom stereocenters. The number of nitrogens with one attached hydrogen (secondary N) is 3. The van der Waals surface area contributed by atoms with Gasteiger partial charge in [0.25, 0.3) is 10.0 Å². The van der Waals surface area contributed by atoms with E-state index in [1.165, 1.54) is 6.20 Å². The van der Waals surface area contributed by atoms with Gasteiger partial charge in [-0.15, -0.1) is 0 Å². The molecule has 0 aliphatic heterocycles. The Bertz CT molecular complexity index is 384. The predicted octanol–water partition coefficient (Wildman–Crippen LogP) is -0.573. The molecule has 0 fully saturated rings. The van der Waals surface area contributed by atoms with Gasteiger partial charge in [-0.25, -0.2) is 13.1 Å². The van der Waals surface area contributed by atoms with E-state index in [1.807, 2.05) is 0 Å². The molecule has 0 saturated carbocycles. The van der Waals surface area contributed by atoms with E-state index in [-0.39, 0.29) is 5.03 Å². The molecule has 0 spiro atoms. The van der Waals surface area contributed by atoms with E-state index in [4.69, 9.17) is 0 Å². The highest BCUT2D eigenvalue weighted by atomic mass is 32.2. The van der Waals surface area contributed by atoms with Gasteiger partial charge in [0.2, 0.25) is 0 Å². The van der Waals surface area contributed by atoms with Crippen molar-refractivity contribution in [1.82, 2.24) is 20.2 Å². The zero-order valence-corrected chi connectivity index (χ0v) is 8.98. The fraction of sp³-hybridized carbons (Fsp3) is 0.571. The van der Waals surface area contributed by atoms with E-state index in [0.29, 0.717) is 18.7 Å². The summed E-state index contributed by atoms with van der Waals surface area (Å²) in [4.78, 5) is 0. The highest BCUT2D eigenvalue weighted by molar-refractivity contribution is 7.89. The Morgan fingerprint density at radius 2 is 2.29 bits per heavy atom. The van der Waals surface area contributed by atoms with Gasteiger partial charge in [-0.1, -0.05) is 6.92 Å². The molecule has 0 radical (unpaired) electrons. The summed E-state index contributed by atoms with van der Waals surface area (Å²) in [6, 6.07) is 0. The van der Waals surface area contributed by atoms with Crippen LogP contribution in [0.25, 0.3) is 0 Å². The third kappa shape index (κ3) is 2.31. The lowest BCUT2D eigenvalue weighted by molar-refractivity contribution is 0.577. The number of aromatic nitrogens is 2. The van der Waals surface area contributed by atoms with E-state index in [0.717, 1.165) is 0 Å². The summed E-state index contributed by atoms with van der Waals surface area (Å²) in [5.74, 6) is 0. The molecule has 0 aliphatic rings. The van der Waals surface area contributed by atoms with Crippen LogP contribution in [-0.2, 0) is 16.6 Å². The monoisotopic (exact) mass is 218 g/mol. The normalized spacial score (nSPS) is 11.9. The van der Waals surface area contributed by atoms with E-state index >= 15 is 0 Å². The van der Waals surface area contributed by atoms with Gasteiger partial charge in [0, 0.05) is 18.7 Å². The van der Waals surface area contributed by atoms with Gasteiger partial charge >= 0.3 is 0 Å². The van der Waals surface area contributed by atoms with Crippen LogP contribution in [0.5, 0.6) is 0 Å². The Hall–Kier alpha value is -0.920. The van der Waals surface area contributed by atoms with Crippen LogP contribution >= 0.6 is 0 Å². The van der Waals surface area contributed by atoms with Gasteiger partial charge in [0.15, 0.2) is 5.03 Å². The van der Waals surface area contributed by atoms with Gasteiger partial charge in [0.05, 0.1) is 6.20 Å². The Balaban J connectivity index is 3.00. The molecule has 7 heteroatoms. The van der Waals surface area contributed by atoms with Crippen molar-refractivity contribution < 1.29 is 8.42 Å². The molecule has 0 atom stereocenters. The minimum Gasteiger partial charge on any atom is -0.316 e. The molecule has 3 N–H and O–H groups in total. The first-order chi connectivity index (χ1) is 6.61. The second-order valence-corrected chi connectivity index (χ2v) is 4.46. The Kier molecular flexibility index (Phi) is 3.62. The second kappa shape index (κ2) is 4.54. The van der Waals surface area contributed by atoms with Crippen LogP contribution in [0, 0.1) is 0 Å². The molecule has 0 bridgehead atoms. The van der Waals surface area contributed by atoms with E-state index < -0.39 is 10.0 Å². The smallest absolute Gasteiger partial charge is 0.257 e. The molecule has 0 saturated heterocycles. The molecule has 80 valence electrons. The number of hydrogen-bond donors (Lipinski definition) is 3. The molecule has 1 aromatic rings. The second-order valence-electron chi connectivity index (χ2n) is 2.76. The van der Waals surface area contributed by atoms with Crippen LogP contribution in [0.15, 0.2) is 11.2 Å². The lowest BCUT2D eigenvalue weighted by atomic mass is 10.4. The van der Waals surface area contributed by atoms with E-state index in [2.05, 4.69) is 20.2 Å². The Morgan fingerprint density at radius 3 is 2.86 bits per heavy atom. The number of sulfonamides is 1. The van der Waals surface area contributed by atoms with Gasteiger partial charge in [-0.05, 0) is 7.05 Å². The highest BCUT2D eigenvalue weighted by Gasteiger charge is 2.18. The predicted molar refractivity (Wildman–Crippen MR) is 52.2 cm³/mol. The largest absolute Gasteiger partial charge is 0.316 e. The lowest BCUT2D eigenvalue weighted by Gasteiger charge is -2.04. The van der Waals surface area contributed by atoms with Gasteiger partial charge < -0.3 is 5.32 Å². The standard InChI is InChI=1S/C7H14N4O2S/c1-3-10-14(12,13)7-6(4-8-2)5-9-11-7/h5,8,10H,3-4H2,1-2H3,(H,9,11). The van der Waals surface area contributed by atoms with Crippen LogP contribution in [0.1, 0.15) is 12.5 Å². The summed E-state index contributed by atoms with van der Waals surface area (Å²) in [5.41, 5.74) is 0.633. The average Bonchev–Trinajstić information content (AvgIpc) is 2.53. The fourth-order valence-electron chi connectivity index (χ4n) is 1.11. The Labute approximate surface area is 83.1 Å². The lowest BCUT2D eigenvalue weighted by Crippen LogP contribution is -2.25. The molecule has 1 rings (SSSR count). The summed E-state index contributed by atoms with van der Waals surface area (Å²) in [7, 11) is -1.68. The van der Waals surface area contributed by atoms with Crippen molar-refractivity contribution in [1.29, 1.82) is 0 Å². The van der Waals surface area contributed by atoms with Crippen molar-refractivity contribution in [2.75, 3.05) is 13.6 Å². The zero-order valence-electron chi connectivity index (χ0n) is 8.16. The van der Waals surface area contributed by atoms with Crippen LogP contribution in [0.3, 0.4) is 0 Å². The van der Waals surface area contributed by atoms with E-state index in [9.17, 15) is 8.42 Å². The number of hydrogen-bond acceptors (Lipinski definition) is 4. The van der Waals surface area contributed by atoms with Crippen LogP contribution in [-0.4, -0.2) is 32.2 Å². The van der Waals surface area contributed by atoms with Crippen molar-refractivity contribution in [3.63, 3.8) is 0 Å². The molecule has 0 aliphatic carbocycles. The minimum absolute atomic E-state index is 0.133. The molecule has 0 aromatic carbocycles. The quantitative estimate of drug-likeness (QED) is 0.617. The summed E-state index contributed by atoms with van der Waals surface area (Å²) >= 11 is 0. The minimum atomic E-state index is -3.43. The van der Waals surface area contributed by atoms with Crippen LogP contribution in [0.2, 0.25) is 0 Å². The number of H-pyrrole nitrogens is 1. The van der Waals surface area contributed by atoms with Crippen LogP contribution in [0.4, 0.5) is 0 Å². The van der Waals surface area contributed by atoms with Gasteiger partial charge in [-0.3, -0.25) is 5.10 Å². The summed E-state index contributed by atoms with van der Waals surface area (Å²) in [6.45, 7) is 2.56. The zero-order chi connectivity index (χ0) is 10.6. The molecule has 1 aromatic heterocycles. The maximum absolute atomic E-state index is 11.6. The highest BCUT2D eigenvalue weighted by Crippen LogP contribution is 2.10. The summed E-state index contributed by atoms with van der Waals surface area (Å²) in [6.07, 6.45) is 1.50. The van der Waals surface area contributed by atoms with Crippen LogP contribution < -0.4 is 10.0 Å². The molecule has 14 heavy (non-hydrogen) atoms. The maximum atomic E-state index is 11.6. The van der Waals surface area contributed by atoms with Crippen molar-refractivity contribution in [3.8, 4) is 0 Å². The molecule has 6 nitrogen and oxygen atoms in total. The average molecular weight is 218 g/mol. The SMILES string of the molecule is CCNS(=O)(=O)c1[nH]ncc1CNC. The third-order valence-electron chi connectivity index (χ3n) is 1.65. The number of aromatic amines is 1. The Morgan fingerprint density at radius 1 is 1.57 bits per heavy atom. The fourth-order valence-corrected chi connectivity index (χ4v) is 2.28. The van der Waals surface area contributed by atoms with Gasteiger partial charge in [-0.2, -0.15) is 5.10 Å². The molecular weight excluding hydrogens is 204 g/mol. The first-order valence-electron chi connectivity index (χ1n) is 4.28. The number of nitrogens with zero attached hydrogens (tertiary/aromatic N) is 1. The van der Waals surface area contributed by atoms with Gasteiger partial charge in [0.1, 0.15) is 0 Å². The van der Waals surface area contributed by atoms with E-state index in [1.54, 1.807) is 14.0 Å². The van der Waals surface area contributed by atoms with Crippen molar-refractivity contribution in [2.24, 2.45) is 0 Å². The molecule has 0 amide bonds. The third-order valence-corrected chi connectivity index (χ3v) is 3.21. The maximum Gasteiger partial charge on any atom is 0.257 e. The molecular formula is C7H14N4O2S.